The third kappa shape index (κ3) is 3.85. The maximum atomic E-state index is 8.97. The lowest BCUT2D eigenvalue weighted by molar-refractivity contribution is 0.0511. The maximum Gasteiger partial charge on any atom is 0.0991 e. The first kappa shape index (κ1) is 17.5. The molecule has 2 saturated carbocycles. The number of nitrogens with zero attached hydrogens (tertiary/aromatic N) is 1. The van der Waals surface area contributed by atoms with Gasteiger partial charge in [-0.1, -0.05) is 51.2 Å². The van der Waals surface area contributed by atoms with E-state index in [4.69, 9.17) is 5.26 Å². The van der Waals surface area contributed by atoms with Crippen LogP contribution in [0.2, 0.25) is 0 Å². The Bertz CT molecular complexity index is 536. The van der Waals surface area contributed by atoms with Crippen molar-refractivity contribution in [2.24, 2.45) is 11.3 Å². The predicted molar refractivity (Wildman–Crippen MR) is 101 cm³/mol. The van der Waals surface area contributed by atoms with Gasteiger partial charge in [0.1, 0.15) is 0 Å². The van der Waals surface area contributed by atoms with Crippen LogP contribution in [-0.4, -0.2) is 0 Å². The summed E-state index contributed by atoms with van der Waals surface area (Å²) >= 11 is 0. The molecular weight excluding hydrogens is 290 g/mol. The van der Waals surface area contributed by atoms with E-state index in [1.165, 1.54) is 82.6 Å². The highest BCUT2D eigenvalue weighted by molar-refractivity contribution is 5.33. The fraction of sp³-hybridized carbons (Fsp3) is 0.696. The smallest absolute Gasteiger partial charge is 0.0991 e. The summed E-state index contributed by atoms with van der Waals surface area (Å²) in [6.45, 7) is 2.35. The van der Waals surface area contributed by atoms with Crippen molar-refractivity contribution in [1.82, 2.24) is 0 Å². The fourth-order valence-corrected chi connectivity index (χ4v) is 5.52. The molecule has 0 unspecified atom stereocenters. The molecule has 1 aromatic carbocycles. The van der Waals surface area contributed by atoms with Gasteiger partial charge in [-0.2, -0.15) is 5.26 Å². The monoisotopic (exact) mass is 323 g/mol. The Hall–Kier alpha value is -1.29. The third-order valence-corrected chi connectivity index (χ3v) is 6.98. The van der Waals surface area contributed by atoms with Crippen molar-refractivity contribution in [1.29, 1.82) is 5.26 Å². The van der Waals surface area contributed by atoms with Crippen LogP contribution in [0.25, 0.3) is 0 Å². The van der Waals surface area contributed by atoms with Gasteiger partial charge in [0.2, 0.25) is 0 Å². The number of nitriles is 1. The van der Waals surface area contributed by atoms with E-state index in [9.17, 15) is 0 Å². The Balaban J connectivity index is 1.62. The van der Waals surface area contributed by atoms with Gasteiger partial charge < -0.3 is 0 Å². The van der Waals surface area contributed by atoms with Gasteiger partial charge in [-0.3, -0.25) is 0 Å². The van der Waals surface area contributed by atoms with Crippen LogP contribution in [-0.2, 0) is 0 Å². The number of unbranched alkanes of at least 4 members (excludes halogenated alkanes) is 1. The molecule has 0 aromatic heterocycles. The highest BCUT2D eigenvalue weighted by atomic mass is 14.5. The van der Waals surface area contributed by atoms with Gasteiger partial charge in [0.25, 0.3) is 0 Å². The molecule has 0 bridgehead atoms. The van der Waals surface area contributed by atoms with E-state index in [0.717, 1.165) is 17.4 Å². The summed E-state index contributed by atoms with van der Waals surface area (Å²) in [6, 6.07) is 10.6. The second-order valence-electron chi connectivity index (χ2n) is 8.31. The van der Waals surface area contributed by atoms with Gasteiger partial charge in [-0.05, 0) is 79.9 Å². The third-order valence-electron chi connectivity index (χ3n) is 6.98. The lowest BCUT2D eigenvalue weighted by Gasteiger charge is -2.47. The highest BCUT2D eigenvalue weighted by Crippen LogP contribution is 2.53. The van der Waals surface area contributed by atoms with Crippen LogP contribution in [0, 0.1) is 22.7 Å². The maximum absolute atomic E-state index is 8.97. The van der Waals surface area contributed by atoms with E-state index in [2.05, 4.69) is 25.1 Å². The number of rotatable bonds is 5. The van der Waals surface area contributed by atoms with Gasteiger partial charge in [0.05, 0.1) is 11.6 Å². The van der Waals surface area contributed by atoms with E-state index in [1.807, 2.05) is 12.1 Å². The lowest BCUT2D eigenvalue weighted by atomic mass is 9.58. The molecule has 0 N–H and O–H groups in total. The quantitative estimate of drug-likeness (QED) is 0.573. The van der Waals surface area contributed by atoms with Crippen LogP contribution in [0.15, 0.2) is 24.3 Å². The number of hydrogen-bond acceptors (Lipinski definition) is 1. The van der Waals surface area contributed by atoms with Crippen LogP contribution < -0.4 is 0 Å². The Morgan fingerprint density at radius 3 is 2.25 bits per heavy atom. The Labute approximate surface area is 148 Å². The molecule has 0 aliphatic heterocycles. The van der Waals surface area contributed by atoms with Crippen LogP contribution >= 0.6 is 0 Å². The molecule has 0 amide bonds. The molecule has 0 heterocycles. The largest absolute Gasteiger partial charge is 0.192 e. The van der Waals surface area contributed by atoms with Crippen LogP contribution in [0.4, 0.5) is 0 Å². The highest BCUT2D eigenvalue weighted by Gasteiger charge is 2.40. The summed E-state index contributed by atoms with van der Waals surface area (Å²) in [5, 5.41) is 8.97. The molecule has 2 aliphatic rings. The van der Waals surface area contributed by atoms with Crippen molar-refractivity contribution < 1.29 is 0 Å². The second kappa shape index (κ2) is 8.19. The molecule has 0 spiro atoms. The standard InChI is InChI=1S/C23H33N/c1-2-3-15-23(16-5-4-6-17-23)22-13-11-21(12-14-22)20-9-7-19(18-24)8-10-20/h7-10,21-22H,2-6,11-17H2,1H3/t21-,22-. The normalized spacial score (nSPS) is 26.7. The van der Waals surface area contributed by atoms with E-state index < -0.39 is 0 Å². The minimum Gasteiger partial charge on any atom is -0.192 e. The first-order chi connectivity index (χ1) is 11.8. The van der Waals surface area contributed by atoms with Gasteiger partial charge in [0, 0.05) is 0 Å². The molecule has 24 heavy (non-hydrogen) atoms. The summed E-state index contributed by atoms with van der Waals surface area (Å²) in [5.41, 5.74) is 2.93. The van der Waals surface area contributed by atoms with Crippen molar-refractivity contribution in [2.75, 3.05) is 0 Å². The Morgan fingerprint density at radius 2 is 1.67 bits per heavy atom. The Morgan fingerprint density at radius 1 is 1.00 bits per heavy atom. The van der Waals surface area contributed by atoms with Crippen molar-refractivity contribution in [3.8, 4) is 6.07 Å². The molecule has 2 fully saturated rings. The van der Waals surface area contributed by atoms with Gasteiger partial charge in [-0.15, -0.1) is 0 Å². The zero-order chi connectivity index (χ0) is 16.8. The topological polar surface area (TPSA) is 23.8 Å². The summed E-state index contributed by atoms with van der Waals surface area (Å²) in [7, 11) is 0. The molecule has 1 heteroatoms. The van der Waals surface area contributed by atoms with Crippen LogP contribution in [0.5, 0.6) is 0 Å². The van der Waals surface area contributed by atoms with Crippen molar-refractivity contribution >= 4 is 0 Å². The minimum absolute atomic E-state index is 0.684. The molecule has 2 aliphatic carbocycles. The summed E-state index contributed by atoms with van der Waals surface area (Å²) < 4.78 is 0. The van der Waals surface area contributed by atoms with Crippen molar-refractivity contribution in [3.05, 3.63) is 35.4 Å². The summed E-state index contributed by atoms with van der Waals surface area (Å²) in [5.74, 6) is 1.69. The molecule has 0 atom stereocenters. The zero-order valence-electron chi connectivity index (χ0n) is 15.4. The van der Waals surface area contributed by atoms with E-state index >= 15 is 0 Å². The average molecular weight is 324 g/mol. The van der Waals surface area contributed by atoms with E-state index in [0.29, 0.717) is 5.41 Å². The number of benzene rings is 1. The predicted octanol–water partition coefficient (Wildman–Crippen LogP) is 6.97. The van der Waals surface area contributed by atoms with Crippen molar-refractivity contribution in [3.63, 3.8) is 0 Å². The lowest BCUT2D eigenvalue weighted by Crippen LogP contribution is -2.35. The molecule has 0 radical (unpaired) electrons. The van der Waals surface area contributed by atoms with Crippen LogP contribution in [0.3, 0.4) is 0 Å². The molecule has 1 aromatic rings. The fourth-order valence-electron chi connectivity index (χ4n) is 5.52. The SMILES string of the molecule is CCCCC1([C@H]2CC[C@H](c3ccc(C#N)cc3)CC2)CCCCC1. The molecule has 130 valence electrons. The molecule has 0 saturated heterocycles. The van der Waals surface area contributed by atoms with Crippen LogP contribution in [0.1, 0.15) is 101 Å². The Kier molecular flexibility index (Phi) is 5.99. The molecule has 1 nitrogen and oxygen atoms in total. The van der Waals surface area contributed by atoms with Gasteiger partial charge >= 0.3 is 0 Å². The minimum atomic E-state index is 0.684. The first-order valence-electron chi connectivity index (χ1n) is 10.3. The van der Waals surface area contributed by atoms with E-state index in [-0.39, 0.29) is 0 Å². The molecular formula is C23H33N. The van der Waals surface area contributed by atoms with Gasteiger partial charge in [0.15, 0.2) is 0 Å². The second-order valence-corrected chi connectivity index (χ2v) is 8.31. The van der Waals surface area contributed by atoms with Crippen molar-refractivity contribution in [2.45, 2.75) is 89.9 Å². The van der Waals surface area contributed by atoms with Gasteiger partial charge in [-0.25, -0.2) is 0 Å². The number of hydrogen-bond donors (Lipinski definition) is 0. The first-order valence-corrected chi connectivity index (χ1v) is 10.3. The average Bonchev–Trinajstić information content (AvgIpc) is 2.67. The van der Waals surface area contributed by atoms with E-state index in [1.54, 1.807) is 0 Å². The summed E-state index contributed by atoms with van der Waals surface area (Å²) in [4.78, 5) is 0. The summed E-state index contributed by atoms with van der Waals surface area (Å²) in [6.07, 6.45) is 17.2. The molecule has 3 rings (SSSR count). The zero-order valence-corrected chi connectivity index (χ0v) is 15.4.